The van der Waals surface area contributed by atoms with E-state index < -0.39 is 10.0 Å². The zero-order valence-electron chi connectivity index (χ0n) is 14.3. The molecule has 0 aromatic heterocycles. The SMILES string of the molecule is COc1ccc(CCNC(=O)CN(C)S(=O)(=O)c2ccccc2)cc1. The minimum absolute atomic E-state index is 0.170. The summed E-state index contributed by atoms with van der Waals surface area (Å²) in [6, 6.07) is 15.6. The quantitative estimate of drug-likeness (QED) is 0.775. The summed E-state index contributed by atoms with van der Waals surface area (Å²) in [5.74, 6) is 0.441. The van der Waals surface area contributed by atoms with Crippen LogP contribution in [0.25, 0.3) is 0 Å². The first-order valence-electron chi connectivity index (χ1n) is 7.84. The van der Waals surface area contributed by atoms with Crippen LogP contribution < -0.4 is 10.1 Å². The molecule has 0 aliphatic carbocycles. The van der Waals surface area contributed by atoms with Crippen molar-refractivity contribution in [3.8, 4) is 5.75 Å². The van der Waals surface area contributed by atoms with E-state index in [0.29, 0.717) is 13.0 Å². The van der Waals surface area contributed by atoms with Crippen molar-refractivity contribution >= 4 is 15.9 Å². The average molecular weight is 362 g/mol. The van der Waals surface area contributed by atoms with Crippen molar-refractivity contribution in [2.75, 3.05) is 27.2 Å². The Morgan fingerprint density at radius 2 is 1.72 bits per heavy atom. The molecule has 0 fully saturated rings. The first-order valence-corrected chi connectivity index (χ1v) is 9.28. The predicted molar refractivity (Wildman–Crippen MR) is 96.0 cm³/mol. The van der Waals surface area contributed by atoms with Gasteiger partial charge in [0, 0.05) is 13.6 Å². The maximum Gasteiger partial charge on any atom is 0.243 e. The van der Waals surface area contributed by atoms with Gasteiger partial charge in [0.1, 0.15) is 5.75 Å². The molecule has 7 heteroatoms. The normalized spacial score (nSPS) is 11.3. The lowest BCUT2D eigenvalue weighted by Gasteiger charge is -2.16. The molecule has 2 aromatic carbocycles. The van der Waals surface area contributed by atoms with Gasteiger partial charge >= 0.3 is 0 Å². The number of rotatable bonds is 8. The third kappa shape index (κ3) is 5.30. The number of benzene rings is 2. The summed E-state index contributed by atoms with van der Waals surface area (Å²) < 4.78 is 30.9. The van der Waals surface area contributed by atoms with Crippen molar-refractivity contribution in [2.24, 2.45) is 0 Å². The summed E-state index contributed by atoms with van der Waals surface area (Å²) in [4.78, 5) is 12.2. The fraction of sp³-hybridized carbons (Fsp3) is 0.278. The Labute approximate surface area is 148 Å². The first-order chi connectivity index (χ1) is 11.9. The van der Waals surface area contributed by atoms with E-state index in [2.05, 4.69) is 5.32 Å². The van der Waals surface area contributed by atoms with Crippen LogP contribution in [0.2, 0.25) is 0 Å². The molecule has 1 N–H and O–H groups in total. The molecule has 0 heterocycles. The van der Waals surface area contributed by atoms with Crippen LogP contribution in [0.1, 0.15) is 5.56 Å². The number of ether oxygens (including phenoxy) is 1. The fourth-order valence-corrected chi connectivity index (χ4v) is 3.40. The number of hydrogen-bond acceptors (Lipinski definition) is 4. The number of hydrogen-bond donors (Lipinski definition) is 1. The van der Waals surface area contributed by atoms with E-state index in [4.69, 9.17) is 4.74 Å². The Kier molecular flexibility index (Phi) is 6.55. The van der Waals surface area contributed by atoms with Gasteiger partial charge < -0.3 is 10.1 Å². The molecule has 25 heavy (non-hydrogen) atoms. The Balaban J connectivity index is 1.83. The molecule has 0 unspecified atom stereocenters. The van der Waals surface area contributed by atoms with Gasteiger partial charge in [0.15, 0.2) is 0 Å². The van der Waals surface area contributed by atoms with E-state index in [1.54, 1.807) is 25.3 Å². The zero-order chi connectivity index (χ0) is 18.3. The molecule has 0 bridgehead atoms. The highest BCUT2D eigenvalue weighted by atomic mass is 32.2. The highest BCUT2D eigenvalue weighted by Crippen LogP contribution is 2.13. The van der Waals surface area contributed by atoms with Crippen LogP contribution in [-0.2, 0) is 21.2 Å². The second-order valence-corrected chi connectivity index (χ2v) is 7.57. The van der Waals surface area contributed by atoms with Gasteiger partial charge in [-0.3, -0.25) is 4.79 Å². The Hall–Kier alpha value is -2.38. The van der Waals surface area contributed by atoms with E-state index in [1.807, 2.05) is 24.3 Å². The van der Waals surface area contributed by atoms with Gasteiger partial charge in [-0.2, -0.15) is 4.31 Å². The largest absolute Gasteiger partial charge is 0.497 e. The van der Waals surface area contributed by atoms with E-state index in [9.17, 15) is 13.2 Å². The molecule has 134 valence electrons. The van der Waals surface area contributed by atoms with Gasteiger partial charge in [0.25, 0.3) is 0 Å². The molecule has 0 saturated carbocycles. The lowest BCUT2D eigenvalue weighted by molar-refractivity contribution is -0.121. The van der Waals surface area contributed by atoms with Crippen LogP contribution in [0, 0.1) is 0 Å². The van der Waals surface area contributed by atoms with Crippen molar-refractivity contribution in [3.63, 3.8) is 0 Å². The number of sulfonamides is 1. The highest BCUT2D eigenvalue weighted by molar-refractivity contribution is 7.89. The number of nitrogens with one attached hydrogen (secondary N) is 1. The Bertz CT molecular complexity index is 790. The van der Waals surface area contributed by atoms with Crippen molar-refractivity contribution in [1.82, 2.24) is 9.62 Å². The smallest absolute Gasteiger partial charge is 0.243 e. The molecule has 1 amide bonds. The lowest BCUT2D eigenvalue weighted by atomic mass is 10.1. The van der Waals surface area contributed by atoms with Crippen molar-refractivity contribution in [1.29, 1.82) is 0 Å². The predicted octanol–water partition coefficient (Wildman–Crippen LogP) is 1.67. The first kappa shape index (κ1) is 19.0. The summed E-state index contributed by atoms with van der Waals surface area (Å²) in [5, 5.41) is 2.74. The van der Waals surface area contributed by atoms with Gasteiger partial charge in [0.2, 0.25) is 15.9 Å². The molecule has 0 aliphatic rings. The van der Waals surface area contributed by atoms with Crippen molar-refractivity contribution in [3.05, 3.63) is 60.2 Å². The fourth-order valence-electron chi connectivity index (χ4n) is 2.25. The van der Waals surface area contributed by atoms with Gasteiger partial charge in [0.05, 0.1) is 18.6 Å². The van der Waals surface area contributed by atoms with Crippen LogP contribution in [0.3, 0.4) is 0 Å². The number of amides is 1. The Morgan fingerprint density at radius 1 is 1.08 bits per heavy atom. The molecule has 0 radical (unpaired) electrons. The number of methoxy groups -OCH3 is 1. The number of likely N-dealkylation sites (N-methyl/N-ethyl adjacent to an activating group) is 1. The summed E-state index contributed by atoms with van der Waals surface area (Å²) >= 11 is 0. The lowest BCUT2D eigenvalue weighted by Crippen LogP contribution is -2.39. The maximum absolute atomic E-state index is 12.4. The average Bonchev–Trinajstić information content (AvgIpc) is 2.63. The van der Waals surface area contributed by atoms with Crippen LogP contribution in [0.4, 0.5) is 0 Å². The molecule has 2 rings (SSSR count). The Morgan fingerprint density at radius 3 is 2.32 bits per heavy atom. The molecule has 0 spiro atoms. The molecular formula is C18H22N2O4S. The van der Waals surface area contributed by atoms with Crippen LogP contribution in [-0.4, -0.2) is 45.9 Å². The third-order valence-corrected chi connectivity index (χ3v) is 5.53. The van der Waals surface area contributed by atoms with E-state index in [1.165, 1.54) is 19.2 Å². The van der Waals surface area contributed by atoms with Gasteiger partial charge in [-0.25, -0.2) is 8.42 Å². The molecule has 6 nitrogen and oxygen atoms in total. The van der Waals surface area contributed by atoms with Crippen LogP contribution in [0.5, 0.6) is 5.75 Å². The summed E-state index contributed by atoms with van der Waals surface area (Å²) in [6.45, 7) is 0.213. The molecule has 2 aromatic rings. The van der Waals surface area contributed by atoms with Crippen molar-refractivity contribution < 1.29 is 17.9 Å². The summed E-state index contributed by atoms with van der Waals surface area (Å²) in [6.07, 6.45) is 0.658. The standard InChI is InChI=1S/C18H22N2O4S/c1-20(25(22,23)17-6-4-3-5-7-17)14-18(21)19-13-12-15-8-10-16(24-2)11-9-15/h3-11H,12-14H2,1-2H3,(H,19,21). The maximum atomic E-state index is 12.4. The van der Waals surface area contributed by atoms with Gasteiger partial charge in [-0.05, 0) is 36.2 Å². The molecule has 0 saturated heterocycles. The second kappa shape index (κ2) is 8.64. The minimum atomic E-state index is -3.66. The molecule has 0 atom stereocenters. The topological polar surface area (TPSA) is 75.7 Å². The molecule has 0 aliphatic heterocycles. The van der Waals surface area contributed by atoms with E-state index in [-0.39, 0.29) is 17.3 Å². The van der Waals surface area contributed by atoms with Gasteiger partial charge in [-0.1, -0.05) is 30.3 Å². The zero-order valence-corrected chi connectivity index (χ0v) is 15.1. The van der Waals surface area contributed by atoms with Crippen LogP contribution >= 0.6 is 0 Å². The van der Waals surface area contributed by atoms with E-state index in [0.717, 1.165) is 15.6 Å². The number of nitrogens with zero attached hydrogens (tertiary/aromatic N) is 1. The van der Waals surface area contributed by atoms with Gasteiger partial charge in [-0.15, -0.1) is 0 Å². The monoisotopic (exact) mass is 362 g/mol. The summed E-state index contributed by atoms with van der Waals surface area (Å²) in [7, 11) is -0.660. The number of carbonyl (C=O) groups excluding carboxylic acids is 1. The second-order valence-electron chi connectivity index (χ2n) is 5.52. The highest BCUT2D eigenvalue weighted by Gasteiger charge is 2.22. The van der Waals surface area contributed by atoms with E-state index >= 15 is 0 Å². The minimum Gasteiger partial charge on any atom is -0.497 e. The summed E-state index contributed by atoms with van der Waals surface area (Å²) in [5.41, 5.74) is 1.06. The number of carbonyl (C=O) groups is 1. The third-order valence-electron chi connectivity index (χ3n) is 3.71. The van der Waals surface area contributed by atoms with Crippen LogP contribution in [0.15, 0.2) is 59.5 Å². The molecular weight excluding hydrogens is 340 g/mol. The van der Waals surface area contributed by atoms with Crippen molar-refractivity contribution in [2.45, 2.75) is 11.3 Å².